The van der Waals surface area contributed by atoms with Crippen LogP contribution in [-0.2, 0) is 4.74 Å². The van der Waals surface area contributed by atoms with Crippen LogP contribution in [-0.4, -0.2) is 24.4 Å². The van der Waals surface area contributed by atoms with E-state index in [2.05, 4.69) is 0 Å². The summed E-state index contributed by atoms with van der Waals surface area (Å²) in [5.41, 5.74) is 2.60. The molecule has 0 fully saturated rings. The molecule has 4 heteroatoms. The van der Waals surface area contributed by atoms with Crippen molar-refractivity contribution in [1.82, 2.24) is 4.57 Å². The summed E-state index contributed by atoms with van der Waals surface area (Å²) in [4.78, 5) is 12.5. The number of aromatic nitrogens is 1. The standard InChI is InChI=1S/C19H19NO3/c1-3-12-23-19(21)20-17-7-5-4-6-15(17)13-18(20)14-8-10-16(22-2)11-9-14/h4-11,13H,3,12H2,1-2H3. The Morgan fingerprint density at radius 3 is 2.52 bits per heavy atom. The molecule has 0 N–H and O–H groups in total. The zero-order valence-corrected chi connectivity index (χ0v) is 13.3. The van der Waals surface area contributed by atoms with Crippen molar-refractivity contribution in [2.24, 2.45) is 0 Å². The number of carbonyl (C=O) groups excluding carboxylic acids is 1. The lowest BCUT2D eigenvalue weighted by Crippen LogP contribution is -2.15. The third kappa shape index (κ3) is 2.93. The predicted molar refractivity (Wildman–Crippen MR) is 91.0 cm³/mol. The van der Waals surface area contributed by atoms with Crippen molar-refractivity contribution < 1.29 is 14.3 Å². The zero-order chi connectivity index (χ0) is 16.2. The first kappa shape index (κ1) is 15.2. The van der Waals surface area contributed by atoms with E-state index >= 15 is 0 Å². The number of carbonyl (C=O) groups is 1. The molecule has 0 amide bonds. The smallest absolute Gasteiger partial charge is 0.418 e. The minimum absolute atomic E-state index is 0.348. The lowest BCUT2D eigenvalue weighted by Gasteiger charge is -2.10. The monoisotopic (exact) mass is 309 g/mol. The van der Waals surface area contributed by atoms with Gasteiger partial charge >= 0.3 is 6.09 Å². The van der Waals surface area contributed by atoms with Crippen LogP contribution in [0.4, 0.5) is 4.79 Å². The topological polar surface area (TPSA) is 40.5 Å². The second-order valence-electron chi connectivity index (χ2n) is 5.27. The van der Waals surface area contributed by atoms with Gasteiger partial charge in [-0.05, 0) is 48.4 Å². The molecule has 0 unspecified atom stereocenters. The van der Waals surface area contributed by atoms with Crippen molar-refractivity contribution in [3.05, 3.63) is 54.6 Å². The normalized spacial score (nSPS) is 10.7. The number of ether oxygens (including phenoxy) is 2. The highest BCUT2D eigenvalue weighted by atomic mass is 16.5. The third-order valence-electron chi connectivity index (χ3n) is 3.71. The Hall–Kier alpha value is -2.75. The first-order chi connectivity index (χ1) is 11.2. The molecule has 1 heterocycles. The predicted octanol–water partition coefficient (Wildman–Crippen LogP) is 4.71. The lowest BCUT2D eigenvalue weighted by atomic mass is 10.1. The molecule has 0 radical (unpaired) electrons. The van der Waals surface area contributed by atoms with Gasteiger partial charge in [0.05, 0.1) is 24.9 Å². The molecule has 0 aliphatic heterocycles. The molecule has 0 atom stereocenters. The Kier molecular flexibility index (Phi) is 4.33. The highest BCUT2D eigenvalue weighted by molar-refractivity contribution is 5.96. The van der Waals surface area contributed by atoms with Crippen LogP contribution in [0.2, 0.25) is 0 Å². The van der Waals surface area contributed by atoms with Gasteiger partial charge in [-0.25, -0.2) is 9.36 Å². The van der Waals surface area contributed by atoms with E-state index in [0.717, 1.165) is 34.3 Å². The zero-order valence-electron chi connectivity index (χ0n) is 13.3. The van der Waals surface area contributed by atoms with Crippen molar-refractivity contribution in [2.75, 3.05) is 13.7 Å². The molecule has 3 rings (SSSR count). The number of hydrogen-bond acceptors (Lipinski definition) is 3. The molecule has 0 saturated heterocycles. The van der Waals surface area contributed by atoms with Crippen molar-refractivity contribution in [1.29, 1.82) is 0 Å². The fourth-order valence-electron chi connectivity index (χ4n) is 2.58. The van der Waals surface area contributed by atoms with E-state index in [-0.39, 0.29) is 6.09 Å². The highest BCUT2D eigenvalue weighted by Crippen LogP contribution is 2.29. The van der Waals surface area contributed by atoms with Crippen LogP contribution in [0, 0.1) is 0 Å². The van der Waals surface area contributed by atoms with Crippen LogP contribution >= 0.6 is 0 Å². The summed E-state index contributed by atoms with van der Waals surface area (Å²) in [6.07, 6.45) is 0.446. The Labute approximate surface area is 135 Å². The molecule has 4 nitrogen and oxygen atoms in total. The maximum atomic E-state index is 12.5. The van der Waals surface area contributed by atoms with Gasteiger partial charge < -0.3 is 9.47 Å². The molecule has 3 aromatic rings. The van der Waals surface area contributed by atoms with E-state index in [1.54, 1.807) is 11.7 Å². The van der Waals surface area contributed by atoms with Crippen LogP contribution < -0.4 is 4.74 Å². The van der Waals surface area contributed by atoms with E-state index in [1.807, 2.05) is 61.5 Å². The Balaban J connectivity index is 2.12. The van der Waals surface area contributed by atoms with Crippen molar-refractivity contribution in [2.45, 2.75) is 13.3 Å². The van der Waals surface area contributed by atoms with E-state index in [0.29, 0.717) is 6.61 Å². The van der Waals surface area contributed by atoms with Gasteiger partial charge in [0.25, 0.3) is 0 Å². The minimum Gasteiger partial charge on any atom is -0.497 e. The quantitative estimate of drug-likeness (QED) is 0.700. The van der Waals surface area contributed by atoms with Gasteiger partial charge in [0.1, 0.15) is 5.75 Å². The number of para-hydroxylation sites is 1. The van der Waals surface area contributed by atoms with Crippen LogP contribution in [0.25, 0.3) is 22.2 Å². The van der Waals surface area contributed by atoms with E-state index < -0.39 is 0 Å². The van der Waals surface area contributed by atoms with Gasteiger partial charge in [0.15, 0.2) is 0 Å². The van der Waals surface area contributed by atoms with Crippen LogP contribution in [0.1, 0.15) is 13.3 Å². The number of methoxy groups -OCH3 is 1. The Bertz CT molecular complexity index is 818. The fraction of sp³-hybridized carbons (Fsp3) is 0.211. The molecule has 0 aliphatic carbocycles. The average molecular weight is 309 g/mol. The summed E-state index contributed by atoms with van der Waals surface area (Å²) in [5.74, 6) is 0.782. The molecule has 118 valence electrons. The fourth-order valence-corrected chi connectivity index (χ4v) is 2.58. The van der Waals surface area contributed by atoms with E-state index in [1.165, 1.54) is 0 Å². The molecule has 2 aromatic carbocycles. The number of hydrogen-bond donors (Lipinski definition) is 0. The SMILES string of the molecule is CCCOC(=O)n1c(-c2ccc(OC)cc2)cc2ccccc21. The molecule has 0 spiro atoms. The number of benzene rings is 2. The summed E-state index contributed by atoms with van der Waals surface area (Å²) < 4.78 is 12.2. The van der Waals surface area contributed by atoms with Crippen molar-refractivity contribution in [3.63, 3.8) is 0 Å². The molecule has 0 bridgehead atoms. The number of rotatable bonds is 4. The highest BCUT2D eigenvalue weighted by Gasteiger charge is 2.17. The van der Waals surface area contributed by atoms with Crippen molar-refractivity contribution >= 4 is 17.0 Å². The lowest BCUT2D eigenvalue weighted by molar-refractivity contribution is 0.149. The van der Waals surface area contributed by atoms with Crippen LogP contribution in [0.3, 0.4) is 0 Å². The van der Waals surface area contributed by atoms with Gasteiger partial charge in [-0.2, -0.15) is 0 Å². The third-order valence-corrected chi connectivity index (χ3v) is 3.71. The first-order valence-corrected chi connectivity index (χ1v) is 7.66. The molecule has 0 saturated carbocycles. The molecule has 1 aromatic heterocycles. The maximum absolute atomic E-state index is 12.5. The molecule has 0 aliphatic rings. The van der Waals surface area contributed by atoms with Crippen LogP contribution in [0.15, 0.2) is 54.6 Å². The average Bonchev–Trinajstić information content (AvgIpc) is 2.99. The number of fused-ring (bicyclic) bond motifs is 1. The van der Waals surface area contributed by atoms with Gasteiger partial charge in [0, 0.05) is 5.39 Å². The summed E-state index contributed by atoms with van der Waals surface area (Å²) in [6.45, 7) is 2.39. The summed E-state index contributed by atoms with van der Waals surface area (Å²) >= 11 is 0. The summed E-state index contributed by atoms with van der Waals surface area (Å²) in [5, 5.41) is 1.01. The van der Waals surface area contributed by atoms with Gasteiger partial charge in [-0.1, -0.05) is 25.1 Å². The van der Waals surface area contributed by atoms with Gasteiger partial charge in [-0.15, -0.1) is 0 Å². The Morgan fingerprint density at radius 1 is 1.09 bits per heavy atom. The number of nitrogens with zero attached hydrogens (tertiary/aromatic N) is 1. The van der Waals surface area contributed by atoms with Gasteiger partial charge in [-0.3, -0.25) is 0 Å². The summed E-state index contributed by atoms with van der Waals surface area (Å²) in [7, 11) is 1.63. The second-order valence-corrected chi connectivity index (χ2v) is 5.27. The molecule has 23 heavy (non-hydrogen) atoms. The molecular weight excluding hydrogens is 290 g/mol. The largest absolute Gasteiger partial charge is 0.497 e. The summed E-state index contributed by atoms with van der Waals surface area (Å²) in [6, 6.07) is 17.5. The van der Waals surface area contributed by atoms with E-state index in [9.17, 15) is 4.79 Å². The van der Waals surface area contributed by atoms with Crippen LogP contribution in [0.5, 0.6) is 5.75 Å². The Morgan fingerprint density at radius 2 is 1.83 bits per heavy atom. The van der Waals surface area contributed by atoms with Gasteiger partial charge in [0.2, 0.25) is 0 Å². The van der Waals surface area contributed by atoms with Crippen molar-refractivity contribution in [3.8, 4) is 17.0 Å². The maximum Gasteiger partial charge on any atom is 0.418 e. The van der Waals surface area contributed by atoms with E-state index in [4.69, 9.17) is 9.47 Å². The minimum atomic E-state index is -0.348. The second kappa shape index (κ2) is 6.57. The first-order valence-electron chi connectivity index (χ1n) is 7.66. The molecular formula is C19H19NO3.